The van der Waals surface area contributed by atoms with Crippen LogP contribution in [0.3, 0.4) is 0 Å². The van der Waals surface area contributed by atoms with Crippen molar-refractivity contribution < 1.29 is 18.0 Å². The van der Waals surface area contributed by atoms with Crippen LogP contribution < -0.4 is 0 Å². The molecule has 0 atom stereocenters. The van der Waals surface area contributed by atoms with Gasteiger partial charge in [-0.05, 0) is 23.3 Å². The summed E-state index contributed by atoms with van der Waals surface area (Å²) in [6.45, 7) is 0. The molecule has 1 nitrogen and oxygen atoms in total. The summed E-state index contributed by atoms with van der Waals surface area (Å²) in [5.74, 6) is -2.52. The van der Waals surface area contributed by atoms with E-state index in [9.17, 15) is 18.0 Å². The quantitative estimate of drug-likeness (QED) is 0.830. The first-order chi connectivity index (χ1) is 9.47. The first kappa shape index (κ1) is 14.6. The van der Waals surface area contributed by atoms with E-state index in [1.165, 1.54) is 24.3 Å². The Morgan fingerprint density at radius 2 is 1.70 bits per heavy atom. The molecule has 0 saturated carbocycles. The fraction of sp³-hybridized carbons (Fsp3) is 0.133. The van der Waals surface area contributed by atoms with Crippen molar-refractivity contribution in [1.82, 2.24) is 0 Å². The fourth-order valence-electron chi connectivity index (χ4n) is 1.84. The van der Waals surface area contributed by atoms with Crippen LogP contribution in [0.2, 0.25) is 5.02 Å². The highest BCUT2D eigenvalue weighted by molar-refractivity contribution is 6.30. The van der Waals surface area contributed by atoms with E-state index in [0.717, 1.165) is 6.07 Å². The van der Waals surface area contributed by atoms with Crippen molar-refractivity contribution in [1.29, 1.82) is 0 Å². The summed E-state index contributed by atoms with van der Waals surface area (Å²) < 4.78 is 39.8. The van der Waals surface area contributed by atoms with Crippen molar-refractivity contribution in [2.75, 3.05) is 0 Å². The van der Waals surface area contributed by atoms with Crippen LogP contribution in [0.4, 0.5) is 13.2 Å². The lowest BCUT2D eigenvalue weighted by Crippen LogP contribution is -2.09. The average Bonchev–Trinajstić information content (AvgIpc) is 2.38. The van der Waals surface area contributed by atoms with Crippen LogP contribution in [0.25, 0.3) is 0 Å². The lowest BCUT2D eigenvalue weighted by molar-refractivity contribution is -0.117. The maximum absolute atomic E-state index is 13.6. The molecule has 0 aliphatic heterocycles. The molecule has 0 unspecified atom stereocenters. The summed E-state index contributed by atoms with van der Waals surface area (Å²) in [6, 6.07) is 7.35. The van der Waals surface area contributed by atoms with Gasteiger partial charge in [-0.1, -0.05) is 29.8 Å². The van der Waals surface area contributed by atoms with Crippen molar-refractivity contribution in [3.05, 3.63) is 70.0 Å². The second-order valence-electron chi connectivity index (χ2n) is 4.34. The van der Waals surface area contributed by atoms with Crippen LogP contribution in [-0.4, -0.2) is 5.78 Å². The lowest BCUT2D eigenvalue weighted by atomic mass is 10.0. The number of rotatable bonds is 4. The molecule has 104 valence electrons. The first-order valence-electron chi connectivity index (χ1n) is 5.86. The molecule has 2 aromatic rings. The summed E-state index contributed by atoms with van der Waals surface area (Å²) in [5.41, 5.74) is 0.240. The number of hydrogen-bond acceptors (Lipinski definition) is 1. The normalized spacial score (nSPS) is 10.6. The minimum atomic E-state index is -0.787. The van der Waals surface area contributed by atoms with E-state index in [4.69, 9.17) is 11.6 Å². The zero-order valence-electron chi connectivity index (χ0n) is 10.3. The van der Waals surface area contributed by atoms with Gasteiger partial charge in [0.25, 0.3) is 0 Å². The Labute approximate surface area is 119 Å². The number of Topliss-reactive ketones (excluding diaryl/α,β-unsaturated/α-hetero) is 1. The molecule has 0 radical (unpaired) electrons. The number of carbonyl (C=O) groups is 1. The van der Waals surface area contributed by atoms with Crippen molar-refractivity contribution >= 4 is 17.4 Å². The van der Waals surface area contributed by atoms with E-state index < -0.39 is 17.5 Å². The van der Waals surface area contributed by atoms with Gasteiger partial charge in [0.2, 0.25) is 0 Å². The van der Waals surface area contributed by atoms with Gasteiger partial charge in [-0.3, -0.25) is 4.79 Å². The van der Waals surface area contributed by atoms with Gasteiger partial charge in [0, 0.05) is 18.9 Å². The molecule has 0 aliphatic carbocycles. The average molecular weight is 299 g/mol. The molecular formula is C15H10ClF3O. The molecule has 0 aromatic heterocycles. The number of carbonyl (C=O) groups excluding carboxylic acids is 1. The minimum Gasteiger partial charge on any atom is -0.299 e. The Morgan fingerprint density at radius 3 is 2.40 bits per heavy atom. The number of benzene rings is 2. The van der Waals surface area contributed by atoms with Crippen LogP contribution in [-0.2, 0) is 17.6 Å². The predicted molar refractivity (Wildman–Crippen MR) is 70.2 cm³/mol. The standard InChI is InChI=1S/C15H10ClF3O/c16-13-3-1-2-10(15(13)19)7-12(20)6-9-4-5-11(17)8-14(9)18/h1-5,8H,6-7H2. The third kappa shape index (κ3) is 3.39. The summed E-state index contributed by atoms with van der Waals surface area (Å²) in [7, 11) is 0. The van der Waals surface area contributed by atoms with Gasteiger partial charge in [-0.15, -0.1) is 0 Å². The Bertz CT molecular complexity index is 656. The summed E-state index contributed by atoms with van der Waals surface area (Å²) in [4.78, 5) is 11.8. The SMILES string of the molecule is O=C(Cc1ccc(F)cc1F)Cc1cccc(Cl)c1F. The monoisotopic (exact) mass is 298 g/mol. The van der Waals surface area contributed by atoms with E-state index in [0.29, 0.717) is 6.07 Å². The highest BCUT2D eigenvalue weighted by Crippen LogP contribution is 2.19. The van der Waals surface area contributed by atoms with Gasteiger partial charge in [-0.2, -0.15) is 0 Å². The number of ketones is 1. The molecule has 0 saturated heterocycles. The van der Waals surface area contributed by atoms with E-state index in [1.54, 1.807) is 0 Å². The molecule has 0 spiro atoms. The number of hydrogen-bond donors (Lipinski definition) is 0. The summed E-state index contributed by atoms with van der Waals surface area (Å²) in [6.07, 6.45) is -0.415. The van der Waals surface area contributed by atoms with Crippen molar-refractivity contribution in [2.45, 2.75) is 12.8 Å². The largest absolute Gasteiger partial charge is 0.299 e. The summed E-state index contributed by atoms with van der Waals surface area (Å²) in [5, 5.41) is -0.0664. The lowest BCUT2D eigenvalue weighted by Gasteiger charge is -2.05. The molecule has 2 rings (SSSR count). The summed E-state index contributed by atoms with van der Waals surface area (Å²) >= 11 is 5.61. The van der Waals surface area contributed by atoms with Gasteiger partial charge in [0.1, 0.15) is 23.2 Å². The van der Waals surface area contributed by atoms with Crippen molar-refractivity contribution in [2.24, 2.45) is 0 Å². The highest BCUT2D eigenvalue weighted by atomic mass is 35.5. The van der Waals surface area contributed by atoms with Crippen LogP contribution in [0.15, 0.2) is 36.4 Å². The third-order valence-corrected chi connectivity index (χ3v) is 3.11. The molecule has 0 fully saturated rings. The Morgan fingerprint density at radius 1 is 1.00 bits per heavy atom. The zero-order chi connectivity index (χ0) is 14.7. The maximum atomic E-state index is 13.6. The van der Waals surface area contributed by atoms with E-state index in [2.05, 4.69) is 0 Å². The van der Waals surface area contributed by atoms with E-state index in [-0.39, 0.29) is 34.8 Å². The Kier molecular flexibility index (Phi) is 4.45. The molecule has 5 heteroatoms. The smallest absolute Gasteiger partial charge is 0.145 e. The van der Waals surface area contributed by atoms with Crippen LogP contribution >= 0.6 is 11.6 Å². The van der Waals surface area contributed by atoms with Crippen molar-refractivity contribution in [3.8, 4) is 0 Å². The second kappa shape index (κ2) is 6.09. The molecule has 0 aliphatic rings. The van der Waals surface area contributed by atoms with Crippen LogP contribution in [0.1, 0.15) is 11.1 Å². The Hall–Kier alpha value is -1.81. The van der Waals surface area contributed by atoms with Gasteiger partial charge >= 0.3 is 0 Å². The second-order valence-corrected chi connectivity index (χ2v) is 4.75. The molecular weight excluding hydrogens is 289 g/mol. The van der Waals surface area contributed by atoms with Gasteiger partial charge in [-0.25, -0.2) is 13.2 Å². The highest BCUT2D eigenvalue weighted by Gasteiger charge is 2.13. The van der Waals surface area contributed by atoms with E-state index >= 15 is 0 Å². The number of halogens is 4. The minimum absolute atomic E-state index is 0.0664. The Balaban J connectivity index is 2.11. The molecule has 2 aromatic carbocycles. The molecule has 0 amide bonds. The molecule has 0 N–H and O–H groups in total. The third-order valence-electron chi connectivity index (χ3n) is 2.82. The van der Waals surface area contributed by atoms with Crippen LogP contribution in [0, 0.1) is 17.5 Å². The van der Waals surface area contributed by atoms with Crippen LogP contribution in [0.5, 0.6) is 0 Å². The zero-order valence-corrected chi connectivity index (χ0v) is 11.1. The van der Waals surface area contributed by atoms with Gasteiger partial charge in [0.15, 0.2) is 0 Å². The molecule has 0 heterocycles. The predicted octanol–water partition coefficient (Wildman–Crippen LogP) is 4.11. The van der Waals surface area contributed by atoms with Crippen molar-refractivity contribution in [3.63, 3.8) is 0 Å². The first-order valence-corrected chi connectivity index (χ1v) is 6.23. The van der Waals surface area contributed by atoms with Gasteiger partial charge in [0.05, 0.1) is 5.02 Å². The van der Waals surface area contributed by atoms with Gasteiger partial charge < -0.3 is 0 Å². The topological polar surface area (TPSA) is 17.1 Å². The maximum Gasteiger partial charge on any atom is 0.145 e. The van der Waals surface area contributed by atoms with E-state index in [1.807, 2.05) is 0 Å². The molecule has 20 heavy (non-hydrogen) atoms. The fourth-order valence-corrected chi connectivity index (χ4v) is 2.03. The molecule has 0 bridgehead atoms.